The van der Waals surface area contributed by atoms with Gasteiger partial charge in [-0.05, 0) is 69.2 Å². The lowest BCUT2D eigenvalue weighted by molar-refractivity contribution is -0.0586. The molecular weight excluding hydrogens is 412 g/mol. The molecule has 2 aromatic rings. The molecule has 3 rings (SSSR count). The fraction of sp³-hybridized carbons (Fsp3) is 0.381. The fourth-order valence-electron chi connectivity index (χ4n) is 3.37. The summed E-state index contributed by atoms with van der Waals surface area (Å²) in [6.07, 6.45) is -0.195. The third-order valence-corrected chi connectivity index (χ3v) is 6.65. The van der Waals surface area contributed by atoms with E-state index in [0.717, 1.165) is 11.1 Å². The SMILES string of the molecule is Cc1ccc(NS(=O)(=O)c2ccc(Cl)c(C(=O)N3C[C@@H](C)O[C@@H](C)C3)c2)cc1C. The number of carbonyl (C=O) groups excluding carboxylic acids is 1. The van der Waals surface area contributed by atoms with E-state index >= 15 is 0 Å². The second-order valence-corrected chi connectivity index (χ2v) is 9.60. The molecule has 1 fully saturated rings. The molecule has 1 saturated heterocycles. The smallest absolute Gasteiger partial charge is 0.261 e. The van der Waals surface area contributed by atoms with E-state index in [1.165, 1.54) is 18.2 Å². The van der Waals surface area contributed by atoms with E-state index in [2.05, 4.69) is 4.72 Å². The summed E-state index contributed by atoms with van der Waals surface area (Å²) in [5.41, 5.74) is 2.68. The molecule has 2 aromatic carbocycles. The predicted molar refractivity (Wildman–Crippen MR) is 114 cm³/mol. The summed E-state index contributed by atoms with van der Waals surface area (Å²) in [7, 11) is -3.87. The monoisotopic (exact) mass is 436 g/mol. The van der Waals surface area contributed by atoms with Gasteiger partial charge in [0.25, 0.3) is 15.9 Å². The van der Waals surface area contributed by atoms with Crippen molar-refractivity contribution in [3.8, 4) is 0 Å². The largest absolute Gasteiger partial charge is 0.372 e. The summed E-state index contributed by atoms with van der Waals surface area (Å²) in [4.78, 5) is 14.6. The van der Waals surface area contributed by atoms with Gasteiger partial charge in [-0.2, -0.15) is 0 Å². The number of nitrogens with one attached hydrogen (secondary N) is 1. The average Bonchev–Trinajstić information content (AvgIpc) is 2.63. The maximum absolute atomic E-state index is 13.0. The van der Waals surface area contributed by atoms with Gasteiger partial charge in [-0.25, -0.2) is 8.42 Å². The Labute approximate surface area is 176 Å². The van der Waals surface area contributed by atoms with Gasteiger partial charge in [0.05, 0.1) is 27.7 Å². The molecule has 1 aliphatic heterocycles. The van der Waals surface area contributed by atoms with E-state index in [9.17, 15) is 13.2 Å². The van der Waals surface area contributed by atoms with Gasteiger partial charge in [0.2, 0.25) is 0 Å². The number of hydrogen-bond donors (Lipinski definition) is 1. The zero-order chi connectivity index (χ0) is 21.3. The van der Waals surface area contributed by atoms with E-state index < -0.39 is 10.0 Å². The zero-order valence-corrected chi connectivity index (χ0v) is 18.5. The van der Waals surface area contributed by atoms with E-state index in [1.807, 2.05) is 33.8 Å². The van der Waals surface area contributed by atoms with Crippen LogP contribution in [0.1, 0.15) is 35.3 Å². The minimum atomic E-state index is -3.87. The third-order valence-electron chi connectivity index (χ3n) is 4.94. The molecular formula is C21H25ClN2O4S. The van der Waals surface area contributed by atoms with Crippen molar-refractivity contribution in [1.82, 2.24) is 4.90 Å². The highest BCUT2D eigenvalue weighted by Crippen LogP contribution is 2.25. The van der Waals surface area contributed by atoms with Gasteiger partial charge in [0.1, 0.15) is 0 Å². The summed E-state index contributed by atoms with van der Waals surface area (Å²) in [6, 6.07) is 9.50. The minimum absolute atomic E-state index is 0.0159. The molecule has 8 heteroatoms. The molecule has 29 heavy (non-hydrogen) atoms. The number of halogens is 1. The normalized spacial score (nSPS) is 19.8. The summed E-state index contributed by atoms with van der Waals surface area (Å²) in [5, 5.41) is 0.215. The molecule has 6 nitrogen and oxygen atoms in total. The highest BCUT2D eigenvalue weighted by Gasteiger charge is 2.28. The number of morpholine rings is 1. The van der Waals surface area contributed by atoms with Crippen LogP contribution in [0.2, 0.25) is 5.02 Å². The van der Waals surface area contributed by atoms with Gasteiger partial charge in [-0.3, -0.25) is 9.52 Å². The lowest BCUT2D eigenvalue weighted by Gasteiger charge is -2.35. The number of benzene rings is 2. The van der Waals surface area contributed by atoms with Crippen LogP contribution in [0.3, 0.4) is 0 Å². The molecule has 0 bridgehead atoms. The number of amides is 1. The first kappa shape index (κ1) is 21.6. The van der Waals surface area contributed by atoms with Crippen molar-refractivity contribution < 1.29 is 17.9 Å². The van der Waals surface area contributed by atoms with Crippen LogP contribution in [0.15, 0.2) is 41.3 Å². The van der Waals surface area contributed by atoms with E-state index in [4.69, 9.17) is 16.3 Å². The molecule has 2 atom stereocenters. The molecule has 0 aliphatic carbocycles. The summed E-state index contributed by atoms with van der Waals surface area (Å²) in [5.74, 6) is -0.305. The van der Waals surface area contributed by atoms with E-state index in [1.54, 1.807) is 17.0 Å². The van der Waals surface area contributed by atoms with Crippen LogP contribution in [0.4, 0.5) is 5.69 Å². The van der Waals surface area contributed by atoms with Gasteiger partial charge < -0.3 is 9.64 Å². The quantitative estimate of drug-likeness (QED) is 0.785. The van der Waals surface area contributed by atoms with Gasteiger partial charge in [0.15, 0.2) is 0 Å². The van der Waals surface area contributed by atoms with Crippen molar-refractivity contribution in [3.63, 3.8) is 0 Å². The van der Waals surface area contributed by atoms with E-state index in [0.29, 0.717) is 18.8 Å². The Balaban J connectivity index is 1.89. The van der Waals surface area contributed by atoms with E-state index in [-0.39, 0.29) is 33.6 Å². The number of anilines is 1. The van der Waals surface area contributed by atoms with Crippen LogP contribution in [0.5, 0.6) is 0 Å². The molecule has 0 aromatic heterocycles. The molecule has 0 spiro atoms. The van der Waals surface area contributed by atoms with Crippen molar-refractivity contribution in [2.45, 2.75) is 44.8 Å². The zero-order valence-electron chi connectivity index (χ0n) is 16.9. The molecule has 1 N–H and O–H groups in total. The second kappa shape index (κ2) is 8.34. The molecule has 1 heterocycles. The molecule has 1 amide bonds. The first-order valence-corrected chi connectivity index (χ1v) is 11.3. The topological polar surface area (TPSA) is 75.7 Å². The lowest BCUT2D eigenvalue weighted by atomic mass is 10.1. The van der Waals surface area contributed by atoms with Crippen molar-refractivity contribution >= 4 is 33.2 Å². The number of aryl methyl sites for hydroxylation is 2. The highest BCUT2D eigenvalue weighted by atomic mass is 35.5. The molecule has 0 radical (unpaired) electrons. The standard InChI is InChI=1S/C21H25ClN2O4S/c1-13-5-6-17(9-14(13)2)23-29(26,27)18-7-8-20(22)19(10-18)21(25)24-11-15(3)28-16(4)12-24/h5-10,15-16,23H,11-12H2,1-4H3/t15-,16+. The Kier molecular flexibility index (Phi) is 6.22. The Bertz CT molecular complexity index is 1030. The second-order valence-electron chi connectivity index (χ2n) is 7.51. The Morgan fingerprint density at radius 1 is 1.07 bits per heavy atom. The summed E-state index contributed by atoms with van der Waals surface area (Å²) < 4.78 is 34.0. The number of sulfonamides is 1. The Morgan fingerprint density at radius 2 is 1.72 bits per heavy atom. The summed E-state index contributed by atoms with van der Waals surface area (Å²) in [6.45, 7) is 8.52. The van der Waals surface area contributed by atoms with Crippen LogP contribution >= 0.6 is 11.6 Å². The predicted octanol–water partition coefficient (Wildman–Crippen LogP) is 4.01. The third kappa shape index (κ3) is 4.91. The number of rotatable bonds is 4. The van der Waals surface area contributed by atoms with Gasteiger partial charge in [-0.15, -0.1) is 0 Å². The lowest BCUT2D eigenvalue weighted by Crippen LogP contribution is -2.48. The average molecular weight is 437 g/mol. The van der Waals surface area contributed by atoms with Crippen LogP contribution in [-0.2, 0) is 14.8 Å². The fourth-order valence-corrected chi connectivity index (χ4v) is 4.64. The van der Waals surface area contributed by atoms with Crippen LogP contribution < -0.4 is 4.72 Å². The van der Waals surface area contributed by atoms with Crippen LogP contribution in [0, 0.1) is 13.8 Å². The van der Waals surface area contributed by atoms with Crippen molar-refractivity contribution in [1.29, 1.82) is 0 Å². The van der Waals surface area contributed by atoms with Crippen molar-refractivity contribution in [2.24, 2.45) is 0 Å². The minimum Gasteiger partial charge on any atom is -0.372 e. The number of nitrogens with zero attached hydrogens (tertiary/aromatic N) is 1. The Hall–Kier alpha value is -2.09. The molecule has 1 aliphatic rings. The maximum Gasteiger partial charge on any atom is 0.261 e. The van der Waals surface area contributed by atoms with Gasteiger partial charge in [0, 0.05) is 18.8 Å². The number of ether oxygens (including phenoxy) is 1. The Morgan fingerprint density at radius 3 is 2.34 bits per heavy atom. The summed E-state index contributed by atoms with van der Waals surface area (Å²) >= 11 is 6.24. The molecule has 0 unspecified atom stereocenters. The van der Waals surface area contributed by atoms with Crippen molar-refractivity contribution in [3.05, 3.63) is 58.1 Å². The first-order chi connectivity index (χ1) is 13.6. The molecule has 156 valence electrons. The molecule has 0 saturated carbocycles. The highest BCUT2D eigenvalue weighted by molar-refractivity contribution is 7.92. The van der Waals surface area contributed by atoms with Gasteiger partial charge >= 0.3 is 0 Å². The van der Waals surface area contributed by atoms with Crippen LogP contribution in [-0.4, -0.2) is 44.5 Å². The van der Waals surface area contributed by atoms with Gasteiger partial charge in [-0.1, -0.05) is 17.7 Å². The van der Waals surface area contributed by atoms with Crippen LogP contribution in [0.25, 0.3) is 0 Å². The maximum atomic E-state index is 13.0. The number of carbonyl (C=O) groups is 1. The first-order valence-electron chi connectivity index (χ1n) is 9.41. The van der Waals surface area contributed by atoms with Crippen molar-refractivity contribution in [2.75, 3.05) is 17.8 Å². The number of hydrogen-bond acceptors (Lipinski definition) is 4.